The summed E-state index contributed by atoms with van der Waals surface area (Å²) in [4.78, 5) is 27.2. The lowest BCUT2D eigenvalue weighted by atomic mass is 10.00. The Morgan fingerprint density at radius 1 is 1.04 bits per heavy atom. The SMILES string of the molecule is O=C(CSC1CCCC1)Nc1ccc2c(c1)N(C(=O)c1ccccc1)CCC2. The van der Waals surface area contributed by atoms with Gasteiger partial charge in [0.15, 0.2) is 0 Å². The summed E-state index contributed by atoms with van der Waals surface area (Å²) in [6.07, 6.45) is 6.94. The molecular weight excluding hydrogens is 368 g/mol. The first kappa shape index (κ1) is 19.1. The van der Waals surface area contributed by atoms with Crippen molar-refractivity contribution < 1.29 is 9.59 Å². The minimum Gasteiger partial charge on any atom is -0.325 e. The van der Waals surface area contributed by atoms with E-state index in [1.54, 1.807) is 11.8 Å². The van der Waals surface area contributed by atoms with E-state index in [1.165, 1.54) is 25.7 Å². The van der Waals surface area contributed by atoms with E-state index in [0.29, 0.717) is 23.1 Å². The highest BCUT2D eigenvalue weighted by molar-refractivity contribution is 8.00. The highest BCUT2D eigenvalue weighted by Gasteiger charge is 2.24. The van der Waals surface area contributed by atoms with Gasteiger partial charge in [-0.2, -0.15) is 0 Å². The third-order valence-corrected chi connectivity index (χ3v) is 6.88. The zero-order valence-corrected chi connectivity index (χ0v) is 16.8. The lowest BCUT2D eigenvalue weighted by molar-refractivity contribution is -0.113. The third-order valence-electron chi connectivity index (χ3n) is 5.51. The van der Waals surface area contributed by atoms with Crippen molar-refractivity contribution >= 4 is 35.0 Å². The standard InChI is InChI=1S/C23H26N2O2S/c26-22(16-28-20-10-4-5-11-20)24-19-13-12-17-9-6-14-25(21(17)15-19)23(27)18-7-2-1-3-8-18/h1-3,7-8,12-13,15,20H,4-6,9-11,14,16H2,(H,24,26). The Hall–Kier alpha value is -2.27. The number of anilines is 2. The minimum atomic E-state index is 0.0156. The lowest BCUT2D eigenvalue weighted by Gasteiger charge is -2.30. The molecule has 0 unspecified atom stereocenters. The first-order valence-electron chi connectivity index (χ1n) is 10.1. The van der Waals surface area contributed by atoms with Gasteiger partial charge in [-0.1, -0.05) is 37.1 Å². The number of hydrogen-bond acceptors (Lipinski definition) is 3. The van der Waals surface area contributed by atoms with Gasteiger partial charge in [0.05, 0.1) is 5.75 Å². The molecule has 2 aliphatic rings. The van der Waals surface area contributed by atoms with Crippen molar-refractivity contribution in [2.24, 2.45) is 0 Å². The summed E-state index contributed by atoms with van der Waals surface area (Å²) in [6, 6.07) is 15.3. The minimum absolute atomic E-state index is 0.0156. The van der Waals surface area contributed by atoms with Gasteiger partial charge >= 0.3 is 0 Å². The van der Waals surface area contributed by atoms with Crippen LogP contribution >= 0.6 is 11.8 Å². The van der Waals surface area contributed by atoms with Gasteiger partial charge in [-0.05, 0) is 55.5 Å². The first-order valence-corrected chi connectivity index (χ1v) is 11.2. The fourth-order valence-corrected chi connectivity index (χ4v) is 5.17. The molecule has 4 nitrogen and oxygen atoms in total. The van der Waals surface area contributed by atoms with Crippen molar-refractivity contribution in [3.8, 4) is 0 Å². The second-order valence-electron chi connectivity index (χ2n) is 7.54. The van der Waals surface area contributed by atoms with Crippen LogP contribution < -0.4 is 10.2 Å². The summed E-state index contributed by atoms with van der Waals surface area (Å²) in [7, 11) is 0. The molecule has 1 aliphatic carbocycles. The maximum Gasteiger partial charge on any atom is 0.258 e. The van der Waals surface area contributed by atoms with Crippen LogP contribution in [-0.4, -0.2) is 29.4 Å². The van der Waals surface area contributed by atoms with Crippen LogP contribution in [0.15, 0.2) is 48.5 Å². The Morgan fingerprint density at radius 3 is 2.61 bits per heavy atom. The van der Waals surface area contributed by atoms with Gasteiger partial charge in [-0.15, -0.1) is 11.8 Å². The molecule has 0 atom stereocenters. The molecule has 0 radical (unpaired) electrons. The molecule has 0 aromatic heterocycles. The van der Waals surface area contributed by atoms with E-state index in [4.69, 9.17) is 0 Å². The highest BCUT2D eigenvalue weighted by atomic mass is 32.2. The van der Waals surface area contributed by atoms with Crippen LogP contribution in [0.25, 0.3) is 0 Å². The summed E-state index contributed by atoms with van der Waals surface area (Å²) in [5, 5.41) is 3.65. The van der Waals surface area contributed by atoms with Crippen molar-refractivity contribution in [3.05, 3.63) is 59.7 Å². The first-order chi connectivity index (χ1) is 13.7. The molecule has 0 spiro atoms. The largest absolute Gasteiger partial charge is 0.325 e. The zero-order valence-electron chi connectivity index (χ0n) is 16.0. The van der Waals surface area contributed by atoms with Crippen molar-refractivity contribution in [2.75, 3.05) is 22.5 Å². The number of thioether (sulfide) groups is 1. The van der Waals surface area contributed by atoms with Crippen LogP contribution in [0.2, 0.25) is 0 Å². The summed E-state index contributed by atoms with van der Waals surface area (Å²) in [5.74, 6) is 0.546. The molecule has 4 rings (SSSR count). The van der Waals surface area contributed by atoms with Crippen LogP contribution in [0.1, 0.15) is 48.0 Å². The molecule has 5 heteroatoms. The van der Waals surface area contributed by atoms with Crippen molar-refractivity contribution in [1.82, 2.24) is 0 Å². The number of fused-ring (bicyclic) bond motifs is 1. The van der Waals surface area contributed by atoms with Gasteiger partial charge < -0.3 is 10.2 Å². The number of carbonyl (C=O) groups is 2. The van der Waals surface area contributed by atoms with Crippen molar-refractivity contribution in [2.45, 2.75) is 43.8 Å². The average Bonchev–Trinajstić information content (AvgIpc) is 3.26. The molecule has 146 valence electrons. The number of benzene rings is 2. The van der Waals surface area contributed by atoms with Gasteiger partial charge in [0.1, 0.15) is 0 Å². The molecule has 0 bridgehead atoms. The summed E-state index contributed by atoms with van der Waals surface area (Å²) < 4.78 is 0. The molecule has 1 N–H and O–H groups in total. The maximum atomic E-state index is 13.0. The van der Waals surface area contributed by atoms with Gasteiger partial charge in [0.2, 0.25) is 5.91 Å². The van der Waals surface area contributed by atoms with Crippen LogP contribution in [-0.2, 0) is 11.2 Å². The van der Waals surface area contributed by atoms with E-state index in [0.717, 1.165) is 29.8 Å². The highest BCUT2D eigenvalue weighted by Crippen LogP contribution is 2.32. The van der Waals surface area contributed by atoms with Gasteiger partial charge in [0, 0.05) is 28.7 Å². The number of nitrogens with zero attached hydrogens (tertiary/aromatic N) is 1. The van der Waals surface area contributed by atoms with Crippen LogP contribution in [0.4, 0.5) is 11.4 Å². The maximum absolute atomic E-state index is 13.0. The Bertz CT molecular complexity index is 847. The molecule has 28 heavy (non-hydrogen) atoms. The second-order valence-corrected chi connectivity index (χ2v) is 8.82. The predicted molar refractivity (Wildman–Crippen MR) is 116 cm³/mol. The van der Waals surface area contributed by atoms with E-state index in [2.05, 4.69) is 5.32 Å². The average molecular weight is 395 g/mol. The number of amides is 2. The molecule has 1 fully saturated rings. The van der Waals surface area contributed by atoms with Crippen molar-refractivity contribution in [3.63, 3.8) is 0 Å². The van der Waals surface area contributed by atoms with E-state index >= 15 is 0 Å². The van der Waals surface area contributed by atoms with Crippen LogP contribution in [0.3, 0.4) is 0 Å². The van der Waals surface area contributed by atoms with E-state index in [-0.39, 0.29) is 11.8 Å². The van der Waals surface area contributed by atoms with E-state index < -0.39 is 0 Å². The molecule has 2 aromatic carbocycles. The Kier molecular flexibility index (Phi) is 6.01. The monoisotopic (exact) mass is 394 g/mol. The smallest absolute Gasteiger partial charge is 0.258 e. The Balaban J connectivity index is 1.46. The second kappa shape index (κ2) is 8.82. The molecule has 2 aromatic rings. The van der Waals surface area contributed by atoms with E-state index in [1.807, 2.05) is 53.4 Å². The van der Waals surface area contributed by atoms with E-state index in [9.17, 15) is 9.59 Å². The lowest BCUT2D eigenvalue weighted by Crippen LogP contribution is -2.35. The third kappa shape index (κ3) is 4.41. The summed E-state index contributed by atoms with van der Waals surface area (Å²) in [5.41, 5.74) is 3.54. The fourth-order valence-electron chi connectivity index (χ4n) is 4.05. The number of rotatable bonds is 5. The molecule has 1 saturated carbocycles. The van der Waals surface area contributed by atoms with Crippen LogP contribution in [0.5, 0.6) is 0 Å². The summed E-state index contributed by atoms with van der Waals surface area (Å²) in [6.45, 7) is 0.704. The number of carbonyl (C=O) groups excluding carboxylic acids is 2. The zero-order chi connectivity index (χ0) is 19.3. The molecular formula is C23H26N2O2S. The quantitative estimate of drug-likeness (QED) is 0.785. The molecule has 0 saturated heterocycles. The normalized spacial score (nSPS) is 16.6. The van der Waals surface area contributed by atoms with Gasteiger partial charge in [-0.3, -0.25) is 9.59 Å². The number of hydrogen-bond donors (Lipinski definition) is 1. The molecule has 1 heterocycles. The fraction of sp³-hybridized carbons (Fsp3) is 0.391. The van der Waals surface area contributed by atoms with Crippen molar-refractivity contribution in [1.29, 1.82) is 0 Å². The predicted octanol–water partition coefficient (Wildman–Crippen LogP) is 4.89. The molecule has 1 aliphatic heterocycles. The topological polar surface area (TPSA) is 49.4 Å². The summed E-state index contributed by atoms with van der Waals surface area (Å²) >= 11 is 1.77. The number of nitrogens with one attached hydrogen (secondary N) is 1. The van der Waals surface area contributed by atoms with Gasteiger partial charge in [0.25, 0.3) is 5.91 Å². The Labute approximate surface area is 170 Å². The molecule has 2 amide bonds. The van der Waals surface area contributed by atoms with Crippen LogP contribution in [0, 0.1) is 0 Å². The Morgan fingerprint density at radius 2 is 1.82 bits per heavy atom. The number of aryl methyl sites for hydroxylation is 1. The van der Waals surface area contributed by atoms with Gasteiger partial charge in [-0.25, -0.2) is 0 Å².